The lowest BCUT2D eigenvalue weighted by Gasteiger charge is -2.37. The first-order valence-corrected chi connectivity index (χ1v) is 12.8. The van der Waals surface area contributed by atoms with E-state index in [0.29, 0.717) is 6.42 Å². The average Bonchev–Trinajstić information content (AvgIpc) is 2.74. The zero-order valence-electron chi connectivity index (χ0n) is 18.8. The lowest BCUT2D eigenvalue weighted by molar-refractivity contribution is -0.145. The summed E-state index contributed by atoms with van der Waals surface area (Å²) in [5, 5.41) is 0. The van der Waals surface area contributed by atoms with Crippen LogP contribution in [-0.4, -0.2) is 61.2 Å². The molecule has 0 radical (unpaired) electrons. The monoisotopic (exact) mass is 476 g/mol. The summed E-state index contributed by atoms with van der Waals surface area (Å²) in [5.41, 5.74) is 0. The lowest BCUT2D eigenvalue weighted by atomic mass is 10.0. The molecular formula is C20H34N2O7P2. The predicted molar refractivity (Wildman–Crippen MR) is 123 cm³/mol. The van der Waals surface area contributed by atoms with E-state index in [1.54, 1.807) is 0 Å². The molecule has 176 valence electrons. The topological polar surface area (TPSA) is 102 Å². The number of hydrogen-bond donors (Lipinski definition) is 0. The predicted octanol–water partition coefficient (Wildman–Crippen LogP) is 4.41. The van der Waals surface area contributed by atoms with Gasteiger partial charge in [0.15, 0.2) is 0 Å². The third-order valence-corrected chi connectivity index (χ3v) is 9.22. The second kappa shape index (κ2) is 13.6. The van der Waals surface area contributed by atoms with E-state index >= 15 is 0 Å². The molecule has 11 heteroatoms. The fourth-order valence-corrected chi connectivity index (χ4v) is 7.36. The van der Waals surface area contributed by atoms with Gasteiger partial charge in [-0.2, -0.15) is 0 Å². The molecule has 0 heterocycles. The van der Waals surface area contributed by atoms with Crippen molar-refractivity contribution < 1.29 is 32.5 Å². The van der Waals surface area contributed by atoms with Crippen molar-refractivity contribution in [2.45, 2.75) is 26.3 Å². The van der Waals surface area contributed by atoms with Crippen LogP contribution in [0.2, 0.25) is 0 Å². The summed E-state index contributed by atoms with van der Waals surface area (Å²) < 4.78 is 45.1. The minimum absolute atomic E-state index is 0.0363. The van der Waals surface area contributed by atoms with Crippen LogP contribution in [0.1, 0.15) is 20.3 Å². The van der Waals surface area contributed by atoms with Gasteiger partial charge < -0.3 is 9.47 Å². The summed E-state index contributed by atoms with van der Waals surface area (Å²) in [7, 11) is -5.77. The third kappa shape index (κ3) is 8.36. The highest BCUT2D eigenvalue weighted by molar-refractivity contribution is 7.72. The molecule has 0 unspecified atom stereocenters. The van der Waals surface area contributed by atoms with E-state index in [1.807, 2.05) is 13.8 Å². The van der Waals surface area contributed by atoms with Crippen molar-refractivity contribution >= 4 is 27.0 Å². The summed E-state index contributed by atoms with van der Waals surface area (Å²) >= 11 is 0. The number of carbonyl (C=O) groups is 2. The molecule has 0 saturated heterocycles. The van der Waals surface area contributed by atoms with Gasteiger partial charge in [-0.25, -0.2) is 13.7 Å². The number of carbonyl (C=O) groups excluding carboxylic acids is 2. The highest BCUT2D eigenvalue weighted by Gasteiger charge is 2.44. The van der Waals surface area contributed by atoms with E-state index in [1.165, 1.54) is 31.0 Å². The molecule has 0 fully saturated rings. The first kappa shape index (κ1) is 29.2. The normalized spacial score (nSPS) is 16.1. The molecule has 0 rings (SSSR count). The molecule has 0 N–H and O–H groups in total. The van der Waals surface area contributed by atoms with Crippen molar-refractivity contribution in [3.05, 3.63) is 50.1 Å². The number of esters is 2. The molecule has 9 nitrogen and oxygen atoms in total. The summed E-state index contributed by atoms with van der Waals surface area (Å²) in [4.78, 5) is 24.3. The van der Waals surface area contributed by atoms with Gasteiger partial charge in [0.1, 0.15) is 12.6 Å². The van der Waals surface area contributed by atoms with E-state index in [0.717, 1.165) is 16.3 Å². The first-order chi connectivity index (χ1) is 14.5. The number of hydrogen-bond acceptors (Lipinski definition) is 7. The van der Waals surface area contributed by atoms with Gasteiger partial charge in [-0.15, -0.1) is 13.2 Å². The zero-order chi connectivity index (χ0) is 24.2. The van der Waals surface area contributed by atoms with Crippen LogP contribution < -0.4 is 0 Å². The molecule has 0 aliphatic heterocycles. The van der Waals surface area contributed by atoms with Gasteiger partial charge in [0, 0.05) is 24.7 Å². The van der Waals surface area contributed by atoms with Crippen LogP contribution in [0, 0.1) is 5.92 Å². The van der Waals surface area contributed by atoms with E-state index in [4.69, 9.17) is 9.05 Å². The Balaban J connectivity index is 6.40. The second-order valence-corrected chi connectivity index (χ2v) is 11.6. The van der Waals surface area contributed by atoms with Gasteiger partial charge in [0.25, 0.3) is 0 Å². The second-order valence-electron chi connectivity index (χ2n) is 6.87. The summed E-state index contributed by atoms with van der Waals surface area (Å²) in [6.07, 6.45) is 3.13. The Morgan fingerprint density at radius 2 is 1.48 bits per heavy atom. The van der Waals surface area contributed by atoms with Crippen molar-refractivity contribution in [3.8, 4) is 0 Å². The maximum absolute atomic E-state index is 13.9. The van der Waals surface area contributed by atoms with Crippen LogP contribution in [0.15, 0.2) is 50.1 Å². The first-order valence-electron chi connectivity index (χ1n) is 9.55. The van der Waals surface area contributed by atoms with E-state index < -0.39 is 39.6 Å². The Labute approximate surface area is 185 Å². The van der Waals surface area contributed by atoms with Crippen molar-refractivity contribution in [2.75, 3.05) is 33.9 Å². The smallest absolute Gasteiger partial charge is 0.323 e. The Kier molecular flexibility index (Phi) is 12.8. The van der Waals surface area contributed by atoms with Crippen LogP contribution in [0.4, 0.5) is 0 Å². The number of methoxy groups -OCH3 is 2. The summed E-state index contributed by atoms with van der Waals surface area (Å²) in [6.45, 7) is 17.6. The van der Waals surface area contributed by atoms with E-state index in [-0.39, 0.29) is 19.0 Å². The highest BCUT2D eigenvalue weighted by Crippen LogP contribution is 2.68. The van der Waals surface area contributed by atoms with E-state index in [9.17, 15) is 18.7 Å². The molecular weight excluding hydrogens is 442 g/mol. The molecule has 0 aliphatic carbocycles. The van der Waals surface area contributed by atoms with Gasteiger partial charge in [-0.3, -0.25) is 18.7 Å². The molecule has 0 aromatic rings. The van der Waals surface area contributed by atoms with Gasteiger partial charge in [-0.1, -0.05) is 39.2 Å². The Hall–Kier alpha value is -1.76. The van der Waals surface area contributed by atoms with Crippen LogP contribution in [-0.2, 0) is 32.5 Å². The Morgan fingerprint density at radius 1 is 0.935 bits per heavy atom. The Bertz CT molecular complexity index is 767. The summed E-state index contributed by atoms with van der Waals surface area (Å²) in [5.74, 6) is 0.713. The van der Waals surface area contributed by atoms with Crippen molar-refractivity contribution in [3.63, 3.8) is 0 Å². The molecule has 0 aliphatic rings. The molecule has 0 aromatic carbocycles. The Morgan fingerprint density at radius 3 is 1.87 bits per heavy atom. The lowest BCUT2D eigenvalue weighted by Crippen LogP contribution is -2.41. The van der Waals surface area contributed by atoms with Gasteiger partial charge in [0.05, 0.1) is 14.2 Å². The molecule has 0 spiro atoms. The largest absolute Gasteiger partial charge is 0.468 e. The molecule has 0 bridgehead atoms. The van der Waals surface area contributed by atoms with Gasteiger partial charge in [-0.05, 0) is 12.3 Å². The molecule has 31 heavy (non-hydrogen) atoms. The van der Waals surface area contributed by atoms with Crippen molar-refractivity contribution in [1.82, 2.24) is 9.34 Å². The number of ether oxygens (including phenoxy) is 2. The maximum atomic E-state index is 13.9. The third-order valence-electron chi connectivity index (χ3n) is 4.17. The molecule has 0 amide bonds. The van der Waals surface area contributed by atoms with Crippen LogP contribution >= 0.6 is 15.0 Å². The van der Waals surface area contributed by atoms with Crippen LogP contribution in [0.5, 0.6) is 0 Å². The van der Waals surface area contributed by atoms with Crippen LogP contribution in [0.25, 0.3) is 0 Å². The molecule has 0 saturated carbocycles. The van der Waals surface area contributed by atoms with Crippen molar-refractivity contribution in [2.24, 2.45) is 5.92 Å². The minimum Gasteiger partial charge on any atom is -0.468 e. The fourth-order valence-electron chi connectivity index (χ4n) is 2.68. The SMILES string of the molecule is C=CCN(CC(=O)OC)[P@@](=O)(C=C)O[P@@](=O)(C=C)N(CC=C)[C@@H](CC(C)C)C(=O)OC. The number of rotatable bonds is 16. The fraction of sp³-hybridized carbons (Fsp3) is 0.500. The quantitative estimate of drug-likeness (QED) is 0.182. The standard InChI is InChI=1S/C20H34N2O7P2/c1-9-13-21(16-19(23)27-7)30(25,11-3)29-31(26,12-4)22(14-10-2)18(15-17(5)6)20(24)28-8/h9-12,17-18H,1-4,13-16H2,5-8H3/t18-,30+,31-/m0/s1. The van der Waals surface area contributed by atoms with E-state index in [2.05, 4.69) is 31.1 Å². The number of nitrogens with zero attached hydrogens (tertiary/aromatic N) is 2. The van der Waals surface area contributed by atoms with Crippen LogP contribution in [0.3, 0.4) is 0 Å². The van der Waals surface area contributed by atoms with Gasteiger partial charge in [0.2, 0.25) is 0 Å². The highest BCUT2D eigenvalue weighted by atomic mass is 31.2. The maximum Gasteiger partial charge on any atom is 0.323 e. The average molecular weight is 476 g/mol. The molecule has 0 aromatic heterocycles. The minimum atomic E-state index is -4.11. The summed E-state index contributed by atoms with van der Waals surface area (Å²) in [6, 6.07) is -0.974. The van der Waals surface area contributed by atoms with Crippen molar-refractivity contribution in [1.29, 1.82) is 0 Å². The van der Waals surface area contributed by atoms with Gasteiger partial charge >= 0.3 is 27.0 Å². The molecule has 3 atom stereocenters. The zero-order valence-corrected chi connectivity index (χ0v) is 20.6.